The molecule has 2 aliphatic rings. The summed E-state index contributed by atoms with van der Waals surface area (Å²) in [5.74, 6) is 0.841. The van der Waals surface area contributed by atoms with Crippen molar-refractivity contribution in [2.75, 3.05) is 24.6 Å². The summed E-state index contributed by atoms with van der Waals surface area (Å²) >= 11 is 0. The molecule has 8 nitrogen and oxygen atoms in total. The van der Waals surface area contributed by atoms with Crippen molar-refractivity contribution < 1.29 is 14.3 Å². The number of rotatable bonds is 4. The average molecular weight is 472 g/mol. The quantitative estimate of drug-likeness (QED) is 0.573. The van der Waals surface area contributed by atoms with Gasteiger partial charge in [-0.2, -0.15) is 0 Å². The van der Waals surface area contributed by atoms with Gasteiger partial charge in [-0.25, -0.2) is 9.97 Å². The molecule has 35 heavy (non-hydrogen) atoms. The Morgan fingerprint density at radius 2 is 1.97 bits per heavy atom. The van der Waals surface area contributed by atoms with Crippen LogP contribution < -0.4 is 9.64 Å². The zero-order chi connectivity index (χ0) is 24.6. The predicted octanol–water partition coefficient (Wildman–Crippen LogP) is 3.93. The lowest BCUT2D eigenvalue weighted by molar-refractivity contribution is -0.132. The molecule has 2 aromatic heterocycles. The van der Waals surface area contributed by atoms with Crippen LogP contribution in [0.15, 0.2) is 54.9 Å². The number of fused-ring (bicyclic) bond motifs is 1. The van der Waals surface area contributed by atoms with Gasteiger partial charge in [0, 0.05) is 18.9 Å². The predicted molar refractivity (Wildman–Crippen MR) is 132 cm³/mol. The number of pyridine rings is 1. The van der Waals surface area contributed by atoms with Gasteiger partial charge in [-0.05, 0) is 54.2 Å². The van der Waals surface area contributed by atoms with Crippen molar-refractivity contribution in [1.29, 1.82) is 0 Å². The second-order valence-electron chi connectivity index (χ2n) is 9.97. The van der Waals surface area contributed by atoms with Crippen LogP contribution in [0.4, 0.5) is 5.69 Å². The Bertz CT molecular complexity index is 1260. The number of benzene rings is 1. The number of carbonyl (C=O) groups excluding carboxylic acids is 2. The van der Waals surface area contributed by atoms with Gasteiger partial charge < -0.3 is 9.64 Å². The van der Waals surface area contributed by atoms with Crippen LogP contribution in [-0.2, 0) is 15.0 Å². The van der Waals surface area contributed by atoms with Crippen LogP contribution in [0.3, 0.4) is 0 Å². The maximum atomic E-state index is 13.5. The van der Waals surface area contributed by atoms with Gasteiger partial charge in [0.25, 0.3) is 5.91 Å². The first kappa shape index (κ1) is 23.0. The van der Waals surface area contributed by atoms with Crippen molar-refractivity contribution in [3.63, 3.8) is 0 Å². The highest BCUT2D eigenvalue weighted by atomic mass is 16.5. The highest BCUT2D eigenvalue weighted by molar-refractivity contribution is 6.02. The van der Waals surface area contributed by atoms with Crippen molar-refractivity contribution in [1.82, 2.24) is 19.9 Å². The summed E-state index contributed by atoms with van der Waals surface area (Å²) < 4.78 is 5.65. The van der Waals surface area contributed by atoms with E-state index in [1.54, 1.807) is 17.3 Å². The topological polar surface area (TPSA) is 88.5 Å². The van der Waals surface area contributed by atoms with Gasteiger partial charge in [0.2, 0.25) is 5.91 Å². The Kier molecular flexibility index (Phi) is 5.96. The Labute approximate surface area is 205 Å². The van der Waals surface area contributed by atoms with Gasteiger partial charge in [-0.15, -0.1) is 0 Å². The average Bonchev–Trinajstić information content (AvgIpc) is 3.36. The fourth-order valence-corrected chi connectivity index (χ4v) is 4.62. The summed E-state index contributed by atoms with van der Waals surface area (Å²) in [5, 5.41) is 0. The maximum absolute atomic E-state index is 13.5. The second kappa shape index (κ2) is 9.09. The number of ether oxygens (including phenoxy) is 1. The maximum Gasteiger partial charge on any atom is 0.265 e. The molecule has 0 radical (unpaired) electrons. The van der Waals surface area contributed by atoms with Gasteiger partial charge in [-0.3, -0.25) is 19.5 Å². The Morgan fingerprint density at radius 1 is 1.11 bits per heavy atom. The van der Waals surface area contributed by atoms with Crippen LogP contribution in [-0.4, -0.2) is 51.4 Å². The van der Waals surface area contributed by atoms with E-state index in [0.29, 0.717) is 29.5 Å². The Morgan fingerprint density at radius 3 is 2.74 bits per heavy atom. The third-order valence-electron chi connectivity index (χ3n) is 6.55. The van der Waals surface area contributed by atoms with E-state index in [9.17, 15) is 9.59 Å². The summed E-state index contributed by atoms with van der Waals surface area (Å²) in [4.78, 5) is 43.2. The van der Waals surface area contributed by atoms with Crippen molar-refractivity contribution in [3.05, 3.63) is 66.1 Å². The van der Waals surface area contributed by atoms with Crippen LogP contribution >= 0.6 is 0 Å². The lowest BCUT2D eigenvalue weighted by Gasteiger charge is -2.33. The standard InChI is InChI=1S/C27H29N5O3/c1-27(2,3)18-9-10-23-22(15-18)32(25(34)17-35-23)16-24(33)31-14-6-8-21(31)19-11-13-29-26(30-19)20-7-4-5-12-28-20/h4-5,7,9-13,15,21H,6,8,14,16-17H2,1-3H3/t21-/m1/s1. The molecule has 0 aliphatic carbocycles. The third kappa shape index (κ3) is 4.60. The number of aromatic nitrogens is 3. The van der Waals surface area contributed by atoms with E-state index in [-0.39, 0.29) is 36.4 Å². The van der Waals surface area contributed by atoms with Crippen molar-refractivity contribution >= 4 is 17.5 Å². The largest absolute Gasteiger partial charge is 0.482 e. The van der Waals surface area contributed by atoms with Crippen LogP contribution in [0.2, 0.25) is 0 Å². The zero-order valence-electron chi connectivity index (χ0n) is 20.3. The van der Waals surface area contributed by atoms with E-state index in [1.807, 2.05) is 47.4 Å². The number of hydrogen-bond donors (Lipinski definition) is 0. The number of hydrogen-bond acceptors (Lipinski definition) is 6. The molecule has 5 rings (SSSR count). The molecule has 1 fully saturated rings. The molecule has 0 spiro atoms. The Balaban J connectivity index is 1.39. The summed E-state index contributed by atoms with van der Waals surface area (Å²) in [6, 6.07) is 13.2. The highest BCUT2D eigenvalue weighted by Crippen LogP contribution is 2.37. The summed E-state index contributed by atoms with van der Waals surface area (Å²) in [6.45, 7) is 6.87. The molecule has 0 unspecified atom stereocenters. The van der Waals surface area contributed by atoms with E-state index in [4.69, 9.17) is 9.72 Å². The van der Waals surface area contributed by atoms with Crippen molar-refractivity contribution in [3.8, 4) is 17.3 Å². The van der Waals surface area contributed by atoms with Crippen LogP contribution in [0.25, 0.3) is 11.5 Å². The first-order chi connectivity index (χ1) is 16.8. The van der Waals surface area contributed by atoms with Crippen LogP contribution in [0.5, 0.6) is 5.75 Å². The number of likely N-dealkylation sites (tertiary alicyclic amines) is 1. The molecule has 0 N–H and O–H groups in total. The fourth-order valence-electron chi connectivity index (χ4n) is 4.62. The fraction of sp³-hybridized carbons (Fsp3) is 0.370. The molecule has 4 heterocycles. The molecule has 1 atom stereocenters. The first-order valence-corrected chi connectivity index (χ1v) is 11.9. The minimum atomic E-state index is -0.216. The smallest absolute Gasteiger partial charge is 0.265 e. The molecule has 1 saturated heterocycles. The highest BCUT2D eigenvalue weighted by Gasteiger charge is 2.35. The Hall–Kier alpha value is -3.81. The van der Waals surface area contributed by atoms with E-state index in [1.165, 1.54) is 0 Å². The van der Waals surface area contributed by atoms with Gasteiger partial charge in [0.05, 0.1) is 17.4 Å². The van der Waals surface area contributed by atoms with Crippen molar-refractivity contribution in [2.45, 2.75) is 45.1 Å². The molecule has 3 aromatic rings. The minimum absolute atomic E-state index is 0.0303. The van der Waals surface area contributed by atoms with Gasteiger partial charge >= 0.3 is 0 Å². The van der Waals surface area contributed by atoms with E-state index < -0.39 is 0 Å². The third-order valence-corrected chi connectivity index (χ3v) is 6.55. The molecule has 2 aliphatic heterocycles. The number of nitrogens with zero attached hydrogens (tertiary/aromatic N) is 5. The monoisotopic (exact) mass is 471 g/mol. The van der Waals surface area contributed by atoms with E-state index >= 15 is 0 Å². The number of amides is 2. The molecule has 180 valence electrons. The molecule has 8 heteroatoms. The second-order valence-corrected chi connectivity index (χ2v) is 9.97. The van der Waals surface area contributed by atoms with Crippen molar-refractivity contribution in [2.24, 2.45) is 0 Å². The molecule has 0 saturated carbocycles. The normalized spacial score (nSPS) is 17.8. The van der Waals surface area contributed by atoms with Crippen LogP contribution in [0, 0.1) is 0 Å². The van der Waals surface area contributed by atoms with Gasteiger partial charge in [0.1, 0.15) is 18.0 Å². The lowest BCUT2D eigenvalue weighted by Crippen LogP contribution is -2.46. The number of anilines is 1. The summed E-state index contributed by atoms with van der Waals surface area (Å²) in [6.07, 6.45) is 5.11. The molecule has 1 aromatic carbocycles. The van der Waals surface area contributed by atoms with Gasteiger partial charge in [-0.1, -0.05) is 32.9 Å². The molecular weight excluding hydrogens is 442 g/mol. The zero-order valence-corrected chi connectivity index (χ0v) is 20.3. The summed E-state index contributed by atoms with van der Waals surface area (Å²) in [7, 11) is 0. The molecule has 0 bridgehead atoms. The first-order valence-electron chi connectivity index (χ1n) is 11.9. The molecule has 2 amide bonds. The lowest BCUT2D eigenvalue weighted by atomic mass is 9.86. The van der Waals surface area contributed by atoms with E-state index in [2.05, 4.69) is 30.7 Å². The van der Waals surface area contributed by atoms with Crippen LogP contribution in [0.1, 0.15) is 50.9 Å². The van der Waals surface area contributed by atoms with E-state index in [0.717, 1.165) is 24.1 Å². The number of carbonyl (C=O) groups is 2. The molecular formula is C27H29N5O3. The SMILES string of the molecule is CC(C)(C)c1ccc2c(c1)N(CC(=O)N1CCC[C@@H]1c1ccnc(-c3ccccn3)n1)C(=O)CO2. The van der Waals surface area contributed by atoms with Gasteiger partial charge in [0.15, 0.2) is 12.4 Å². The summed E-state index contributed by atoms with van der Waals surface area (Å²) in [5.41, 5.74) is 3.11. The minimum Gasteiger partial charge on any atom is -0.482 e.